The molecule has 23 heavy (non-hydrogen) atoms. The van der Waals surface area contributed by atoms with Crippen LogP contribution in [0.5, 0.6) is 0 Å². The van der Waals surface area contributed by atoms with Crippen molar-refractivity contribution in [1.29, 1.82) is 0 Å². The Labute approximate surface area is 141 Å². The van der Waals surface area contributed by atoms with Crippen LogP contribution in [0.15, 0.2) is 18.2 Å². The number of nitrogens with zero attached hydrogens (tertiary/aromatic N) is 1. The quantitative estimate of drug-likeness (QED) is 0.864. The molecule has 2 rings (SSSR count). The molecular formula is C16H23ClFN3O2. The van der Waals surface area contributed by atoms with Crippen LogP contribution in [0.1, 0.15) is 24.9 Å². The van der Waals surface area contributed by atoms with Crippen molar-refractivity contribution in [1.82, 2.24) is 15.5 Å². The number of amides is 2. The fraction of sp³-hybridized carbons (Fsp3) is 0.562. The number of benzene rings is 1. The van der Waals surface area contributed by atoms with Crippen LogP contribution >= 0.6 is 11.6 Å². The van der Waals surface area contributed by atoms with Crippen molar-refractivity contribution in [2.45, 2.75) is 19.4 Å². The summed E-state index contributed by atoms with van der Waals surface area (Å²) in [4.78, 5) is 14.2. The van der Waals surface area contributed by atoms with E-state index in [9.17, 15) is 9.18 Å². The van der Waals surface area contributed by atoms with Gasteiger partial charge in [-0.3, -0.25) is 4.90 Å². The van der Waals surface area contributed by atoms with Gasteiger partial charge in [0.05, 0.1) is 12.6 Å². The molecular weight excluding hydrogens is 321 g/mol. The highest BCUT2D eigenvalue weighted by Crippen LogP contribution is 2.25. The van der Waals surface area contributed by atoms with Gasteiger partial charge < -0.3 is 15.4 Å². The highest BCUT2D eigenvalue weighted by molar-refractivity contribution is 6.31. The van der Waals surface area contributed by atoms with E-state index in [-0.39, 0.29) is 6.03 Å². The van der Waals surface area contributed by atoms with Crippen LogP contribution in [-0.2, 0) is 4.74 Å². The minimum Gasteiger partial charge on any atom is -0.380 e. The maximum atomic E-state index is 13.8. The summed E-state index contributed by atoms with van der Waals surface area (Å²) in [6.07, 6.45) is 1.01. The van der Waals surface area contributed by atoms with Gasteiger partial charge in [-0.1, -0.05) is 17.7 Å². The molecule has 1 aromatic carbocycles. The number of hydrogen-bond acceptors (Lipinski definition) is 3. The summed E-state index contributed by atoms with van der Waals surface area (Å²) in [7, 11) is 0. The number of halogens is 2. The lowest BCUT2D eigenvalue weighted by Crippen LogP contribution is -2.41. The van der Waals surface area contributed by atoms with E-state index >= 15 is 0 Å². The molecule has 1 heterocycles. The third-order valence-electron chi connectivity index (χ3n) is 3.81. The predicted octanol–water partition coefficient (Wildman–Crippen LogP) is 2.56. The summed E-state index contributed by atoms with van der Waals surface area (Å²) in [5, 5.41) is 5.81. The third kappa shape index (κ3) is 5.64. The number of carbonyl (C=O) groups is 1. The van der Waals surface area contributed by atoms with Crippen molar-refractivity contribution in [2.24, 2.45) is 0 Å². The van der Waals surface area contributed by atoms with Gasteiger partial charge in [0.25, 0.3) is 0 Å². The zero-order chi connectivity index (χ0) is 16.7. The number of nitrogens with one attached hydrogen (secondary N) is 2. The lowest BCUT2D eigenvalue weighted by atomic mass is 10.1. The van der Waals surface area contributed by atoms with Gasteiger partial charge in [0.15, 0.2) is 0 Å². The van der Waals surface area contributed by atoms with Crippen LogP contribution in [0.3, 0.4) is 0 Å². The monoisotopic (exact) mass is 343 g/mol. The van der Waals surface area contributed by atoms with E-state index in [2.05, 4.69) is 15.5 Å². The molecule has 7 heteroatoms. The maximum Gasteiger partial charge on any atom is 0.315 e. The van der Waals surface area contributed by atoms with Crippen LogP contribution in [0.2, 0.25) is 5.02 Å². The second-order valence-corrected chi connectivity index (χ2v) is 5.97. The molecule has 1 aliphatic rings. The standard InChI is InChI=1S/C16H23ClFN3O2/c1-12(15-13(17)4-2-5-14(15)18)20-16(22)19-6-8-21-7-3-10-23-11-9-21/h2,4-5,12H,3,6-11H2,1H3,(H2,19,20,22)/t12-/m0/s1. The van der Waals surface area contributed by atoms with E-state index in [1.807, 2.05) is 0 Å². The summed E-state index contributed by atoms with van der Waals surface area (Å²) in [5.74, 6) is -0.421. The Morgan fingerprint density at radius 3 is 3.04 bits per heavy atom. The predicted molar refractivity (Wildman–Crippen MR) is 88.2 cm³/mol. The molecule has 2 amide bonds. The molecule has 0 unspecified atom stereocenters. The maximum absolute atomic E-state index is 13.8. The average molecular weight is 344 g/mol. The largest absolute Gasteiger partial charge is 0.380 e. The van der Waals surface area contributed by atoms with Gasteiger partial charge in [0.2, 0.25) is 0 Å². The van der Waals surface area contributed by atoms with E-state index in [1.54, 1.807) is 19.1 Å². The Balaban J connectivity index is 1.75. The molecule has 0 bridgehead atoms. The van der Waals surface area contributed by atoms with E-state index in [4.69, 9.17) is 16.3 Å². The molecule has 1 atom stereocenters. The van der Waals surface area contributed by atoms with Crippen LogP contribution in [-0.4, -0.2) is 50.3 Å². The Kier molecular flexibility index (Phi) is 7.08. The van der Waals surface area contributed by atoms with E-state index in [1.165, 1.54) is 6.07 Å². The molecule has 0 saturated carbocycles. The fourth-order valence-electron chi connectivity index (χ4n) is 2.59. The number of hydrogen-bond donors (Lipinski definition) is 2. The number of ether oxygens (including phenoxy) is 1. The minimum atomic E-state index is -0.504. The molecule has 0 aliphatic carbocycles. The second kappa shape index (κ2) is 9.05. The second-order valence-electron chi connectivity index (χ2n) is 5.56. The van der Waals surface area contributed by atoms with E-state index in [0.717, 1.165) is 39.3 Å². The molecule has 1 saturated heterocycles. The van der Waals surface area contributed by atoms with E-state index < -0.39 is 11.9 Å². The van der Waals surface area contributed by atoms with Crippen LogP contribution in [0.25, 0.3) is 0 Å². The van der Waals surface area contributed by atoms with Crippen molar-refractivity contribution < 1.29 is 13.9 Å². The summed E-state index contributed by atoms with van der Waals surface area (Å²) >= 11 is 6.00. The van der Waals surface area contributed by atoms with Crippen LogP contribution in [0, 0.1) is 5.82 Å². The van der Waals surface area contributed by atoms with Gasteiger partial charge in [-0.25, -0.2) is 9.18 Å². The molecule has 0 aromatic heterocycles. The minimum absolute atomic E-state index is 0.300. The summed E-state index contributed by atoms with van der Waals surface area (Å²) in [6, 6.07) is 3.65. The Hall–Kier alpha value is -1.37. The number of rotatable bonds is 5. The van der Waals surface area contributed by atoms with E-state index in [0.29, 0.717) is 17.1 Å². The summed E-state index contributed by atoms with van der Waals surface area (Å²) < 4.78 is 19.2. The van der Waals surface area contributed by atoms with Gasteiger partial charge in [-0.15, -0.1) is 0 Å². The molecule has 0 spiro atoms. The molecule has 5 nitrogen and oxygen atoms in total. The fourth-order valence-corrected chi connectivity index (χ4v) is 2.92. The smallest absolute Gasteiger partial charge is 0.315 e. The summed E-state index contributed by atoms with van der Waals surface area (Å²) in [5.41, 5.74) is 0.300. The van der Waals surface area contributed by atoms with Gasteiger partial charge in [0, 0.05) is 43.4 Å². The third-order valence-corrected chi connectivity index (χ3v) is 4.14. The van der Waals surface area contributed by atoms with Crippen molar-refractivity contribution in [3.8, 4) is 0 Å². The van der Waals surface area contributed by atoms with Crippen LogP contribution < -0.4 is 10.6 Å². The molecule has 128 valence electrons. The SMILES string of the molecule is C[C@H](NC(=O)NCCN1CCCOCC1)c1c(F)cccc1Cl. The number of urea groups is 1. The first-order chi connectivity index (χ1) is 11.1. The lowest BCUT2D eigenvalue weighted by Gasteiger charge is -2.20. The highest BCUT2D eigenvalue weighted by Gasteiger charge is 2.17. The van der Waals surface area contributed by atoms with Crippen molar-refractivity contribution in [2.75, 3.05) is 39.4 Å². The van der Waals surface area contributed by atoms with Gasteiger partial charge in [-0.05, 0) is 25.5 Å². The lowest BCUT2D eigenvalue weighted by molar-refractivity contribution is 0.141. The van der Waals surface area contributed by atoms with Crippen molar-refractivity contribution >= 4 is 17.6 Å². The molecule has 2 N–H and O–H groups in total. The zero-order valence-electron chi connectivity index (χ0n) is 13.3. The first-order valence-electron chi connectivity index (χ1n) is 7.86. The first-order valence-corrected chi connectivity index (χ1v) is 8.24. The van der Waals surface area contributed by atoms with Gasteiger partial charge in [-0.2, -0.15) is 0 Å². The van der Waals surface area contributed by atoms with Gasteiger partial charge >= 0.3 is 6.03 Å². The van der Waals surface area contributed by atoms with Crippen molar-refractivity contribution in [3.05, 3.63) is 34.6 Å². The van der Waals surface area contributed by atoms with Gasteiger partial charge in [0.1, 0.15) is 5.82 Å². The van der Waals surface area contributed by atoms with Crippen LogP contribution in [0.4, 0.5) is 9.18 Å². The highest BCUT2D eigenvalue weighted by atomic mass is 35.5. The molecule has 1 aliphatic heterocycles. The van der Waals surface area contributed by atoms with Crippen molar-refractivity contribution in [3.63, 3.8) is 0 Å². The normalized spacial score (nSPS) is 17.3. The average Bonchev–Trinajstić information content (AvgIpc) is 2.75. The Bertz CT molecular complexity index is 502. The Morgan fingerprint density at radius 2 is 2.26 bits per heavy atom. The number of carbonyl (C=O) groups excluding carboxylic acids is 1. The topological polar surface area (TPSA) is 53.6 Å². The molecule has 1 aromatic rings. The first kappa shape index (κ1) is 18.0. The molecule has 1 fully saturated rings. The summed E-state index contributed by atoms with van der Waals surface area (Å²) in [6.45, 7) is 6.39. The molecule has 0 radical (unpaired) electrons. The zero-order valence-corrected chi connectivity index (χ0v) is 14.0. The Morgan fingerprint density at radius 1 is 1.43 bits per heavy atom.